The molecule has 2 unspecified atom stereocenters. The Hall–Kier alpha value is -0.470. The Morgan fingerprint density at radius 2 is 2.07 bits per heavy atom. The average molecular weight is 234 g/mol. The molecule has 0 aliphatic rings. The van der Waals surface area contributed by atoms with E-state index in [0.717, 1.165) is 0 Å². The summed E-state index contributed by atoms with van der Waals surface area (Å²) in [5, 5.41) is 8.08. The standard InChI is InChI=1S/C10H19O4P/c1-5-14-9(12)10(4,15-13)8(6-11)7(2)3/h7-8,11H,5-6H2,1-4H3. The second kappa shape index (κ2) is 6.19. The fourth-order valence-corrected chi connectivity index (χ4v) is 2.23. The summed E-state index contributed by atoms with van der Waals surface area (Å²) in [6, 6.07) is 0. The van der Waals surface area contributed by atoms with Crippen molar-refractivity contribution in [2.24, 2.45) is 11.8 Å². The van der Waals surface area contributed by atoms with Gasteiger partial charge in [-0.15, -0.1) is 0 Å². The molecule has 0 saturated carbocycles. The summed E-state index contributed by atoms with van der Waals surface area (Å²) < 4.78 is 16.0. The molecule has 0 aromatic heterocycles. The van der Waals surface area contributed by atoms with Crippen LogP contribution in [0.1, 0.15) is 27.7 Å². The van der Waals surface area contributed by atoms with Crippen LogP contribution in [0.4, 0.5) is 0 Å². The van der Waals surface area contributed by atoms with E-state index in [1.54, 1.807) is 13.8 Å². The van der Waals surface area contributed by atoms with Gasteiger partial charge in [-0.1, -0.05) is 13.8 Å². The topological polar surface area (TPSA) is 63.6 Å². The first-order valence-electron chi connectivity index (χ1n) is 5.06. The minimum atomic E-state index is -1.15. The molecule has 15 heavy (non-hydrogen) atoms. The van der Waals surface area contributed by atoms with Gasteiger partial charge >= 0.3 is 5.97 Å². The zero-order valence-corrected chi connectivity index (χ0v) is 10.6. The molecule has 0 aromatic carbocycles. The summed E-state index contributed by atoms with van der Waals surface area (Å²) in [5.41, 5.74) is 0. The van der Waals surface area contributed by atoms with E-state index in [0.29, 0.717) is 0 Å². The van der Waals surface area contributed by atoms with Crippen molar-refractivity contribution in [3.8, 4) is 0 Å². The Kier molecular flexibility index (Phi) is 5.99. The van der Waals surface area contributed by atoms with E-state index in [-0.39, 0.29) is 33.5 Å². The predicted octanol–water partition coefficient (Wildman–Crippen LogP) is 1.86. The molecule has 0 spiro atoms. The Bertz CT molecular complexity index is 229. The second-order valence-electron chi connectivity index (χ2n) is 3.99. The number of aliphatic hydroxyl groups is 1. The van der Waals surface area contributed by atoms with Crippen molar-refractivity contribution >= 4 is 14.4 Å². The van der Waals surface area contributed by atoms with Gasteiger partial charge in [0.1, 0.15) is 0 Å². The van der Waals surface area contributed by atoms with E-state index in [1.807, 2.05) is 13.8 Å². The molecule has 5 heteroatoms. The normalized spacial score (nSPS) is 17.5. The summed E-state index contributed by atoms with van der Waals surface area (Å²) in [5.74, 6) is -0.823. The minimum absolute atomic E-state index is 0.0610. The van der Waals surface area contributed by atoms with E-state index >= 15 is 0 Å². The van der Waals surface area contributed by atoms with Crippen LogP contribution in [0, 0.1) is 11.8 Å². The highest BCUT2D eigenvalue weighted by molar-refractivity contribution is 7.27. The van der Waals surface area contributed by atoms with Gasteiger partial charge < -0.3 is 9.84 Å². The number of aliphatic hydroxyl groups excluding tert-OH is 1. The quantitative estimate of drug-likeness (QED) is 0.563. The van der Waals surface area contributed by atoms with E-state index in [9.17, 15) is 14.5 Å². The summed E-state index contributed by atoms with van der Waals surface area (Å²) in [4.78, 5) is 11.7. The van der Waals surface area contributed by atoms with Gasteiger partial charge in [0.2, 0.25) is 0 Å². The number of hydrogen-bond donors (Lipinski definition) is 1. The molecular weight excluding hydrogens is 215 g/mol. The lowest BCUT2D eigenvalue weighted by molar-refractivity contribution is -0.148. The van der Waals surface area contributed by atoms with Crippen molar-refractivity contribution < 1.29 is 19.2 Å². The van der Waals surface area contributed by atoms with Crippen LogP contribution in [0.15, 0.2) is 0 Å². The molecule has 0 heterocycles. The predicted molar refractivity (Wildman–Crippen MR) is 58.1 cm³/mol. The monoisotopic (exact) mass is 234 g/mol. The molecule has 0 aliphatic carbocycles. The smallest absolute Gasteiger partial charge is 0.323 e. The van der Waals surface area contributed by atoms with Gasteiger partial charge in [-0.3, -0.25) is 9.36 Å². The lowest BCUT2D eigenvalue weighted by atomic mass is 9.84. The van der Waals surface area contributed by atoms with Crippen molar-refractivity contribution in [1.29, 1.82) is 0 Å². The fraction of sp³-hybridized carbons (Fsp3) is 0.900. The molecule has 0 bridgehead atoms. The SMILES string of the molecule is CCOC(=O)C(C)(P=O)C(CO)C(C)C. The number of esters is 1. The highest BCUT2D eigenvalue weighted by Crippen LogP contribution is 2.37. The zero-order chi connectivity index (χ0) is 12.1. The lowest BCUT2D eigenvalue weighted by Crippen LogP contribution is -2.43. The Balaban J connectivity index is 4.95. The largest absolute Gasteiger partial charge is 0.465 e. The van der Waals surface area contributed by atoms with Gasteiger partial charge in [0.05, 0.1) is 6.61 Å². The van der Waals surface area contributed by atoms with Crippen LogP contribution in [0.3, 0.4) is 0 Å². The van der Waals surface area contributed by atoms with Crippen molar-refractivity contribution in [2.45, 2.75) is 32.9 Å². The molecule has 88 valence electrons. The van der Waals surface area contributed by atoms with Gasteiger partial charge in [0.25, 0.3) is 0 Å². The summed E-state index contributed by atoms with van der Waals surface area (Å²) >= 11 is 0. The maximum absolute atomic E-state index is 11.7. The van der Waals surface area contributed by atoms with Crippen LogP contribution in [-0.2, 0) is 14.1 Å². The van der Waals surface area contributed by atoms with Crippen LogP contribution in [-0.4, -0.2) is 29.4 Å². The highest BCUT2D eigenvalue weighted by Gasteiger charge is 2.45. The van der Waals surface area contributed by atoms with Gasteiger partial charge in [0.15, 0.2) is 13.6 Å². The number of ether oxygens (including phenoxy) is 1. The number of carbonyl (C=O) groups is 1. The molecule has 0 fully saturated rings. The Labute approximate surface area is 92.2 Å². The van der Waals surface area contributed by atoms with Gasteiger partial charge in [-0.25, -0.2) is 0 Å². The first kappa shape index (κ1) is 14.5. The van der Waals surface area contributed by atoms with E-state index in [4.69, 9.17) is 4.74 Å². The van der Waals surface area contributed by atoms with Crippen molar-refractivity contribution in [1.82, 2.24) is 0 Å². The summed E-state index contributed by atoms with van der Waals surface area (Å²) in [7, 11) is -0.308. The molecule has 1 N–H and O–H groups in total. The number of rotatable bonds is 6. The molecular formula is C10H19O4P. The Morgan fingerprint density at radius 3 is 2.33 bits per heavy atom. The Morgan fingerprint density at radius 1 is 1.53 bits per heavy atom. The maximum Gasteiger partial charge on any atom is 0.323 e. The number of hydrogen-bond acceptors (Lipinski definition) is 4. The molecule has 0 saturated heterocycles. The van der Waals surface area contributed by atoms with Gasteiger partial charge in [-0.2, -0.15) is 0 Å². The highest BCUT2D eigenvalue weighted by atomic mass is 31.1. The van der Waals surface area contributed by atoms with E-state index in [1.165, 1.54) is 0 Å². The molecule has 4 nitrogen and oxygen atoms in total. The van der Waals surface area contributed by atoms with Crippen LogP contribution in [0.25, 0.3) is 0 Å². The fourth-order valence-electron chi connectivity index (χ4n) is 1.57. The third kappa shape index (κ3) is 3.25. The molecule has 0 aromatic rings. The molecule has 2 atom stereocenters. The van der Waals surface area contributed by atoms with Gasteiger partial charge in [0, 0.05) is 12.5 Å². The molecule has 0 radical (unpaired) electrons. The van der Waals surface area contributed by atoms with Crippen LogP contribution in [0.2, 0.25) is 0 Å². The molecule has 0 amide bonds. The van der Waals surface area contributed by atoms with Crippen molar-refractivity contribution in [3.05, 3.63) is 0 Å². The van der Waals surface area contributed by atoms with Crippen LogP contribution >= 0.6 is 8.46 Å². The zero-order valence-electron chi connectivity index (χ0n) is 9.69. The third-order valence-electron chi connectivity index (χ3n) is 2.60. The molecule has 0 aliphatic heterocycles. The van der Waals surface area contributed by atoms with Crippen molar-refractivity contribution in [2.75, 3.05) is 13.2 Å². The van der Waals surface area contributed by atoms with E-state index < -0.39 is 11.1 Å². The average Bonchev–Trinajstić information content (AvgIpc) is 2.18. The van der Waals surface area contributed by atoms with Crippen molar-refractivity contribution in [3.63, 3.8) is 0 Å². The minimum Gasteiger partial charge on any atom is -0.465 e. The van der Waals surface area contributed by atoms with Crippen LogP contribution in [0.5, 0.6) is 0 Å². The van der Waals surface area contributed by atoms with Gasteiger partial charge in [-0.05, 0) is 19.8 Å². The summed E-state index contributed by atoms with van der Waals surface area (Å²) in [6.07, 6.45) is 0. The van der Waals surface area contributed by atoms with E-state index in [2.05, 4.69) is 0 Å². The molecule has 0 rings (SSSR count). The first-order chi connectivity index (χ1) is 6.93. The number of carbonyl (C=O) groups excluding carboxylic acids is 1. The second-order valence-corrected chi connectivity index (χ2v) is 5.10. The third-order valence-corrected chi connectivity index (χ3v) is 3.50. The first-order valence-corrected chi connectivity index (χ1v) is 5.87. The maximum atomic E-state index is 11.7. The lowest BCUT2D eigenvalue weighted by Gasteiger charge is -2.31. The summed E-state index contributed by atoms with van der Waals surface area (Å²) in [6.45, 7) is 7.08. The van der Waals surface area contributed by atoms with Crippen LogP contribution < -0.4 is 0 Å².